The molecule has 2 heterocycles. The monoisotopic (exact) mass is 469 g/mol. The molecule has 9 heteroatoms. The van der Waals surface area contributed by atoms with Gasteiger partial charge >= 0.3 is 5.97 Å². The molecule has 1 aliphatic heterocycles. The number of nitrogens with one attached hydrogen (secondary N) is 2. The molecule has 1 atom stereocenters. The zero-order chi connectivity index (χ0) is 23.1. The van der Waals surface area contributed by atoms with Gasteiger partial charge in [-0.3, -0.25) is 4.79 Å². The summed E-state index contributed by atoms with van der Waals surface area (Å²) in [6, 6.07) is 12.4. The van der Waals surface area contributed by atoms with Gasteiger partial charge in [-0.1, -0.05) is 42.1 Å². The van der Waals surface area contributed by atoms with Crippen molar-refractivity contribution in [1.29, 1.82) is 5.26 Å². The molecule has 0 saturated heterocycles. The van der Waals surface area contributed by atoms with E-state index < -0.39 is 11.9 Å². The fourth-order valence-electron chi connectivity index (χ4n) is 3.15. The van der Waals surface area contributed by atoms with Crippen LogP contribution in [0.3, 0.4) is 0 Å². The first kappa shape index (κ1) is 23.3. The Morgan fingerprint density at radius 2 is 2.22 bits per heavy atom. The van der Waals surface area contributed by atoms with E-state index in [1.165, 1.54) is 12.3 Å². The first-order valence-electron chi connectivity index (χ1n) is 9.56. The molecule has 0 saturated carbocycles. The number of carbonyl (C=O) groups is 2. The van der Waals surface area contributed by atoms with Crippen molar-refractivity contribution >= 4 is 40.9 Å². The van der Waals surface area contributed by atoms with Gasteiger partial charge < -0.3 is 19.8 Å². The summed E-state index contributed by atoms with van der Waals surface area (Å²) in [5.41, 5.74) is 1.62. The van der Waals surface area contributed by atoms with Crippen LogP contribution in [-0.4, -0.2) is 24.2 Å². The van der Waals surface area contributed by atoms with Crippen LogP contribution in [0, 0.1) is 11.3 Å². The van der Waals surface area contributed by atoms with E-state index in [1.54, 1.807) is 43.3 Å². The Morgan fingerprint density at radius 1 is 1.41 bits per heavy atom. The van der Waals surface area contributed by atoms with E-state index in [2.05, 4.69) is 23.3 Å². The lowest BCUT2D eigenvalue weighted by molar-refractivity contribution is -0.138. The number of esters is 1. The minimum Gasteiger partial charge on any atom is -0.468 e. The van der Waals surface area contributed by atoms with Crippen LogP contribution in [0.25, 0.3) is 0 Å². The van der Waals surface area contributed by atoms with Crippen LogP contribution >= 0.6 is 23.4 Å². The number of hydrogen-bond acceptors (Lipinski definition) is 7. The number of halogens is 1. The van der Waals surface area contributed by atoms with E-state index in [4.69, 9.17) is 20.8 Å². The van der Waals surface area contributed by atoms with Crippen molar-refractivity contribution in [2.24, 2.45) is 0 Å². The van der Waals surface area contributed by atoms with Crippen LogP contribution < -0.4 is 10.6 Å². The number of dihydropyridines is 1. The summed E-state index contributed by atoms with van der Waals surface area (Å²) in [6.07, 6.45) is 2.94. The van der Waals surface area contributed by atoms with Crippen LogP contribution in [0.5, 0.6) is 0 Å². The van der Waals surface area contributed by atoms with Gasteiger partial charge in [-0.2, -0.15) is 5.26 Å². The number of ether oxygens (including phenoxy) is 1. The van der Waals surface area contributed by atoms with E-state index in [1.807, 2.05) is 0 Å². The highest BCUT2D eigenvalue weighted by Crippen LogP contribution is 2.41. The van der Waals surface area contributed by atoms with E-state index in [0.29, 0.717) is 27.2 Å². The van der Waals surface area contributed by atoms with Crippen LogP contribution in [0.4, 0.5) is 5.69 Å². The molecule has 1 unspecified atom stereocenters. The third kappa shape index (κ3) is 5.44. The molecule has 164 valence electrons. The highest BCUT2D eigenvalue weighted by molar-refractivity contribution is 8.03. The minimum atomic E-state index is -0.757. The average molecular weight is 470 g/mol. The SMILES string of the molecule is C=CCOC(=O)C1=C(C)NC(SCC(=O)Nc2cccc(Cl)c2)=C(C#N)C1c1ccco1. The number of nitrogens with zero attached hydrogens (tertiary/aromatic N) is 1. The molecule has 0 spiro atoms. The van der Waals surface area contributed by atoms with E-state index >= 15 is 0 Å². The third-order valence-corrected chi connectivity index (χ3v) is 5.74. The molecule has 2 N–H and O–H groups in total. The molecular formula is C23H20ClN3O4S. The Kier molecular flexibility index (Phi) is 7.82. The molecule has 1 aliphatic rings. The maximum atomic E-state index is 12.7. The third-order valence-electron chi connectivity index (χ3n) is 4.48. The van der Waals surface area contributed by atoms with Gasteiger partial charge in [0.2, 0.25) is 5.91 Å². The van der Waals surface area contributed by atoms with E-state index in [9.17, 15) is 14.9 Å². The Balaban J connectivity index is 1.84. The second-order valence-electron chi connectivity index (χ2n) is 6.70. The number of nitriles is 1. The second-order valence-corrected chi connectivity index (χ2v) is 8.12. The molecule has 32 heavy (non-hydrogen) atoms. The van der Waals surface area contributed by atoms with Gasteiger partial charge in [0.05, 0.1) is 40.2 Å². The lowest BCUT2D eigenvalue weighted by atomic mass is 9.86. The predicted octanol–water partition coefficient (Wildman–Crippen LogP) is 4.73. The highest BCUT2D eigenvalue weighted by atomic mass is 35.5. The number of benzene rings is 1. The molecule has 3 rings (SSSR count). The summed E-state index contributed by atoms with van der Waals surface area (Å²) < 4.78 is 10.7. The lowest BCUT2D eigenvalue weighted by Crippen LogP contribution is -2.29. The number of rotatable bonds is 8. The van der Waals surface area contributed by atoms with Crippen molar-refractivity contribution in [3.63, 3.8) is 0 Å². The van der Waals surface area contributed by atoms with Crippen LogP contribution in [-0.2, 0) is 14.3 Å². The summed E-state index contributed by atoms with van der Waals surface area (Å²) in [6.45, 7) is 5.30. The average Bonchev–Trinajstić information content (AvgIpc) is 3.30. The summed E-state index contributed by atoms with van der Waals surface area (Å²) in [7, 11) is 0. The normalized spacial score (nSPS) is 15.6. The zero-order valence-electron chi connectivity index (χ0n) is 17.2. The number of anilines is 1. The minimum absolute atomic E-state index is 0.0361. The summed E-state index contributed by atoms with van der Waals surface area (Å²) in [5, 5.41) is 16.7. The Labute approximate surface area is 194 Å². The van der Waals surface area contributed by atoms with Crippen molar-refractivity contribution in [3.8, 4) is 6.07 Å². The first-order valence-corrected chi connectivity index (χ1v) is 10.9. The van der Waals surface area contributed by atoms with Crippen LogP contribution in [0.2, 0.25) is 5.02 Å². The maximum Gasteiger partial charge on any atom is 0.337 e. The molecule has 0 aliphatic carbocycles. The first-order chi connectivity index (χ1) is 15.4. The maximum absolute atomic E-state index is 12.7. The van der Waals surface area contributed by atoms with Crippen LogP contribution in [0.15, 0.2) is 81.6 Å². The largest absolute Gasteiger partial charge is 0.468 e. The molecule has 0 fully saturated rings. The second kappa shape index (κ2) is 10.8. The van der Waals surface area contributed by atoms with Crippen molar-refractivity contribution in [3.05, 3.63) is 88.0 Å². The van der Waals surface area contributed by atoms with Gasteiger partial charge in [-0.15, -0.1) is 0 Å². The Hall–Kier alpha value is -3.41. The van der Waals surface area contributed by atoms with Gasteiger partial charge in [0.15, 0.2) is 0 Å². The van der Waals surface area contributed by atoms with Gasteiger partial charge in [0.1, 0.15) is 12.4 Å². The Bertz CT molecular complexity index is 1130. The molecule has 1 amide bonds. The molecule has 1 aromatic heterocycles. The molecular weight excluding hydrogens is 450 g/mol. The number of carbonyl (C=O) groups excluding carboxylic acids is 2. The Morgan fingerprint density at radius 3 is 2.88 bits per heavy atom. The fraction of sp³-hybridized carbons (Fsp3) is 0.174. The molecule has 0 radical (unpaired) electrons. The molecule has 1 aromatic carbocycles. The molecule has 7 nitrogen and oxygen atoms in total. The number of hydrogen-bond donors (Lipinski definition) is 2. The highest BCUT2D eigenvalue weighted by Gasteiger charge is 2.37. The fourth-order valence-corrected chi connectivity index (χ4v) is 4.23. The summed E-state index contributed by atoms with van der Waals surface area (Å²) in [4.78, 5) is 25.1. The van der Waals surface area contributed by atoms with Gasteiger partial charge in [-0.25, -0.2) is 4.79 Å². The van der Waals surface area contributed by atoms with Gasteiger partial charge in [0.25, 0.3) is 0 Å². The van der Waals surface area contributed by atoms with Crippen LogP contribution in [0.1, 0.15) is 18.6 Å². The van der Waals surface area contributed by atoms with Crippen molar-refractivity contribution in [1.82, 2.24) is 5.32 Å². The van der Waals surface area contributed by atoms with Crippen molar-refractivity contribution < 1.29 is 18.7 Å². The summed E-state index contributed by atoms with van der Waals surface area (Å²) in [5.74, 6) is -1.14. The number of amides is 1. The number of allylic oxidation sites excluding steroid dienone is 2. The van der Waals surface area contributed by atoms with Gasteiger partial charge in [0, 0.05) is 16.4 Å². The zero-order valence-corrected chi connectivity index (χ0v) is 18.8. The molecule has 0 bridgehead atoms. The summed E-state index contributed by atoms with van der Waals surface area (Å²) >= 11 is 7.10. The number of thioether (sulfide) groups is 1. The predicted molar refractivity (Wildman–Crippen MR) is 124 cm³/mol. The van der Waals surface area contributed by atoms with E-state index in [-0.39, 0.29) is 29.4 Å². The van der Waals surface area contributed by atoms with E-state index in [0.717, 1.165) is 11.8 Å². The smallest absolute Gasteiger partial charge is 0.337 e. The quantitative estimate of drug-likeness (QED) is 0.425. The number of furan rings is 1. The van der Waals surface area contributed by atoms with Gasteiger partial charge in [-0.05, 0) is 37.3 Å². The molecule has 2 aromatic rings. The lowest BCUT2D eigenvalue weighted by Gasteiger charge is -2.27. The standard InChI is InChI=1S/C23H20ClN3O4S/c1-3-9-31-23(29)20-14(2)26-22(17(12-25)21(20)18-8-5-10-30-18)32-13-19(28)27-16-7-4-6-15(24)11-16/h3-8,10-11,21,26H,1,9,13H2,2H3,(H,27,28). The van der Waals surface area contributed by atoms with Crippen molar-refractivity contribution in [2.45, 2.75) is 12.8 Å². The van der Waals surface area contributed by atoms with Crippen molar-refractivity contribution in [2.75, 3.05) is 17.7 Å². The topological polar surface area (TPSA) is 104 Å².